The van der Waals surface area contributed by atoms with Crippen molar-refractivity contribution in [2.75, 3.05) is 13.1 Å². The van der Waals surface area contributed by atoms with Gasteiger partial charge in [-0.05, 0) is 49.2 Å². The van der Waals surface area contributed by atoms with Crippen LogP contribution in [0.5, 0.6) is 0 Å². The molecular weight excluding hydrogens is 406 g/mol. The molecule has 5 rings (SSSR count). The number of thiazole rings is 1. The van der Waals surface area contributed by atoms with Crippen molar-refractivity contribution >= 4 is 27.5 Å². The molecule has 1 N–H and O–H groups in total. The number of aromatic nitrogens is 3. The Morgan fingerprint density at radius 1 is 0.968 bits per heavy atom. The Morgan fingerprint density at radius 3 is 2.55 bits per heavy atom. The molecule has 0 bridgehead atoms. The van der Waals surface area contributed by atoms with Crippen molar-refractivity contribution in [3.63, 3.8) is 0 Å². The van der Waals surface area contributed by atoms with E-state index in [1.807, 2.05) is 30.3 Å². The molecule has 3 heterocycles. The molecule has 1 amide bonds. The van der Waals surface area contributed by atoms with E-state index in [9.17, 15) is 4.79 Å². The molecule has 156 valence electrons. The van der Waals surface area contributed by atoms with Crippen LogP contribution in [0.15, 0.2) is 60.9 Å². The van der Waals surface area contributed by atoms with Gasteiger partial charge in [-0.15, -0.1) is 11.3 Å². The molecule has 4 aromatic rings. The Labute approximate surface area is 185 Å². The zero-order chi connectivity index (χ0) is 21.0. The smallest absolute Gasteiger partial charge is 0.272 e. The maximum absolute atomic E-state index is 13.0. The Balaban J connectivity index is 1.35. The van der Waals surface area contributed by atoms with Crippen molar-refractivity contribution in [3.05, 3.63) is 77.7 Å². The van der Waals surface area contributed by atoms with Gasteiger partial charge in [0.25, 0.3) is 5.91 Å². The second-order valence-corrected chi connectivity index (χ2v) is 8.71. The lowest BCUT2D eigenvalue weighted by atomic mass is 10.1. The van der Waals surface area contributed by atoms with Crippen molar-refractivity contribution in [2.24, 2.45) is 0 Å². The minimum absolute atomic E-state index is 0.238. The van der Waals surface area contributed by atoms with Crippen molar-refractivity contribution < 1.29 is 4.79 Å². The predicted octanol–water partition coefficient (Wildman–Crippen LogP) is 4.28. The van der Waals surface area contributed by atoms with Gasteiger partial charge in [0, 0.05) is 25.5 Å². The maximum Gasteiger partial charge on any atom is 0.272 e. The van der Waals surface area contributed by atoms with E-state index in [-0.39, 0.29) is 5.91 Å². The number of amides is 1. The highest BCUT2D eigenvalue weighted by Crippen LogP contribution is 2.30. The van der Waals surface area contributed by atoms with Crippen LogP contribution in [0.4, 0.5) is 0 Å². The van der Waals surface area contributed by atoms with Crippen LogP contribution in [-0.2, 0) is 13.1 Å². The number of rotatable bonds is 6. The normalized spacial score (nSPS) is 14.2. The lowest BCUT2D eigenvalue weighted by Gasteiger charge is -2.17. The largest absolute Gasteiger partial charge is 0.347 e. The van der Waals surface area contributed by atoms with E-state index in [1.165, 1.54) is 29.7 Å². The van der Waals surface area contributed by atoms with E-state index in [4.69, 9.17) is 0 Å². The monoisotopic (exact) mass is 429 g/mol. The highest BCUT2D eigenvalue weighted by atomic mass is 32.1. The van der Waals surface area contributed by atoms with Crippen molar-refractivity contribution in [3.8, 4) is 10.7 Å². The summed E-state index contributed by atoms with van der Waals surface area (Å²) < 4.78 is 1.06. The summed E-state index contributed by atoms with van der Waals surface area (Å²) in [7, 11) is 0. The lowest BCUT2D eigenvalue weighted by Crippen LogP contribution is -2.26. The van der Waals surface area contributed by atoms with Gasteiger partial charge in [0.05, 0.1) is 10.2 Å². The minimum Gasteiger partial charge on any atom is -0.347 e. The molecule has 0 aliphatic carbocycles. The fraction of sp³-hybridized carbons (Fsp3) is 0.250. The molecule has 0 spiro atoms. The van der Waals surface area contributed by atoms with E-state index in [0.717, 1.165) is 35.4 Å². The summed E-state index contributed by atoms with van der Waals surface area (Å²) >= 11 is 1.52. The van der Waals surface area contributed by atoms with Crippen LogP contribution in [0.25, 0.3) is 20.9 Å². The standard InChI is InChI=1S/C24H23N5OS/c30-23(27-15-17-7-1-2-8-18(17)16-29-13-5-6-14-29)21-22(26-12-11-25-21)24-28-19-9-3-4-10-20(19)31-24/h1-4,7-12H,5-6,13-16H2,(H,27,30). The Bertz CT molecular complexity index is 1180. The summed E-state index contributed by atoms with van der Waals surface area (Å²) in [6, 6.07) is 16.2. The fourth-order valence-corrected chi connectivity index (χ4v) is 4.92. The molecule has 1 saturated heterocycles. The van der Waals surface area contributed by atoms with Crippen LogP contribution >= 0.6 is 11.3 Å². The zero-order valence-electron chi connectivity index (χ0n) is 17.1. The third kappa shape index (κ3) is 4.33. The number of benzene rings is 2. The Hall–Kier alpha value is -3.16. The van der Waals surface area contributed by atoms with Gasteiger partial charge in [-0.25, -0.2) is 15.0 Å². The van der Waals surface area contributed by atoms with Gasteiger partial charge in [0.2, 0.25) is 0 Å². The number of carbonyl (C=O) groups excluding carboxylic acids is 1. The molecule has 2 aromatic carbocycles. The summed E-state index contributed by atoms with van der Waals surface area (Å²) in [6.07, 6.45) is 5.68. The van der Waals surface area contributed by atoms with Crippen molar-refractivity contribution in [1.29, 1.82) is 0 Å². The molecule has 1 aliphatic heterocycles. The SMILES string of the molecule is O=C(NCc1ccccc1CN1CCCC1)c1nccnc1-c1nc2ccccc2s1. The third-order valence-corrected chi connectivity index (χ3v) is 6.60. The summed E-state index contributed by atoms with van der Waals surface area (Å²) in [5.74, 6) is -0.238. The van der Waals surface area contributed by atoms with E-state index < -0.39 is 0 Å². The lowest BCUT2D eigenvalue weighted by molar-refractivity contribution is 0.0946. The molecule has 7 heteroatoms. The quantitative estimate of drug-likeness (QED) is 0.495. The first kappa shape index (κ1) is 19.8. The van der Waals surface area contributed by atoms with E-state index in [1.54, 1.807) is 12.4 Å². The van der Waals surface area contributed by atoms with Gasteiger partial charge in [-0.1, -0.05) is 36.4 Å². The Kier molecular flexibility index (Phi) is 5.69. The summed E-state index contributed by atoms with van der Waals surface area (Å²) in [4.78, 5) is 28.9. The molecular formula is C24H23N5OS. The van der Waals surface area contributed by atoms with Gasteiger partial charge in [-0.2, -0.15) is 0 Å². The zero-order valence-corrected chi connectivity index (χ0v) is 17.9. The minimum atomic E-state index is -0.238. The number of carbonyl (C=O) groups is 1. The highest BCUT2D eigenvalue weighted by molar-refractivity contribution is 7.21. The topological polar surface area (TPSA) is 71.0 Å². The maximum atomic E-state index is 13.0. The average Bonchev–Trinajstić information content (AvgIpc) is 3.48. The molecule has 1 fully saturated rings. The number of fused-ring (bicyclic) bond motifs is 1. The molecule has 6 nitrogen and oxygen atoms in total. The molecule has 0 unspecified atom stereocenters. The van der Waals surface area contributed by atoms with Gasteiger partial charge < -0.3 is 5.32 Å². The van der Waals surface area contributed by atoms with Crippen LogP contribution in [0.3, 0.4) is 0 Å². The molecule has 0 saturated carbocycles. The van der Waals surface area contributed by atoms with Crippen LogP contribution < -0.4 is 5.32 Å². The van der Waals surface area contributed by atoms with Crippen molar-refractivity contribution in [2.45, 2.75) is 25.9 Å². The van der Waals surface area contributed by atoms with Gasteiger partial charge in [-0.3, -0.25) is 9.69 Å². The van der Waals surface area contributed by atoms with E-state index in [0.29, 0.717) is 22.9 Å². The van der Waals surface area contributed by atoms with Crippen molar-refractivity contribution in [1.82, 2.24) is 25.2 Å². The second kappa shape index (κ2) is 8.91. The van der Waals surface area contributed by atoms with Crippen LogP contribution in [0.2, 0.25) is 0 Å². The number of likely N-dealkylation sites (tertiary alicyclic amines) is 1. The molecule has 2 aromatic heterocycles. The van der Waals surface area contributed by atoms with E-state index in [2.05, 4.69) is 43.4 Å². The van der Waals surface area contributed by atoms with Gasteiger partial charge in [0.1, 0.15) is 10.7 Å². The number of hydrogen-bond acceptors (Lipinski definition) is 6. The number of para-hydroxylation sites is 1. The number of nitrogens with zero attached hydrogens (tertiary/aromatic N) is 4. The van der Waals surface area contributed by atoms with E-state index >= 15 is 0 Å². The molecule has 0 atom stereocenters. The van der Waals surface area contributed by atoms with Crippen LogP contribution in [0.1, 0.15) is 34.5 Å². The van der Waals surface area contributed by atoms with Gasteiger partial charge in [0.15, 0.2) is 5.69 Å². The number of nitrogens with one attached hydrogen (secondary N) is 1. The summed E-state index contributed by atoms with van der Waals surface area (Å²) in [5, 5.41) is 3.74. The summed E-state index contributed by atoms with van der Waals surface area (Å²) in [6.45, 7) is 3.67. The molecule has 31 heavy (non-hydrogen) atoms. The fourth-order valence-electron chi connectivity index (χ4n) is 3.96. The highest BCUT2D eigenvalue weighted by Gasteiger charge is 2.19. The summed E-state index contributed by atoms with van der Waals surface area (Å²) in [5.41, 5.74) is 4.11. The molecule has 1 aliphatic rings. The average molecular weight is 430 g/mol. The van der Waals surface area contributed by atoms with Crippen LogP contribution in [-0.4, -0.2) is 38.8 Å². The Morgan fingerprint density at radius 2 is 1.71 bits per heavy atom. The first-order valence-electron chi connectivity index (χ1n) is 10.5. The first-order valence-corrected chi connectivity index (χ1v) is 11.3. The third-order valence-electron chi connectivity index (χ3n) is 5.56. The predicted molar refractivity (Wildman–Crippen MR) is 123 cm³/mol. The molecule has 0 radical (unpaired) electrons. The first-order chi connectivity index (χ1) is 15.3. The van der Waals surface area contributed by atoms with Gasteiger partial charge >= 0.3 is 0 Å². The number of hydrogen-bond donors (Lipinski definition) is 1. The van der Waals surface area contributed by atoms with Crippen LogP contribution in [0, 0.1) is 0 Å². The second-order valence-electron chi connectivity index (χ2n) is 7.67.